The van der Waals surface area contributed by atoms with Gasteiger partial charge in [0.15, 0.2) is 5.78 Å². The lowest BCUT2D eigenvalue weighted by atomic mass is 9.89. The minimum Gasteiger partial charge on any atom is -0.343 e. The molecule has 160 valence electrons. The Morgan fingerprint density at radius 3 is 2.52 bits per heavy atom. The van der Waals surface area contributed by atoms with Crippen LogP contribution < -0.4 is 5.56 Å². The normalized spacial score (nSPS) is 14.7. The number of aryl methyl sites for hydroxylation is 2. The summed E-state index contributed by atoms with van der Waals surface area (Å²) in [4.78, 5) is 44.2. The van der Waals surface area contributed by atoms with Crippen molar-refractivity contribution in [2.45, 2.75) is 32.7 Å². The van der Waals surface area contributed by atoms with Crippen LogP contribution in [0.15, 0.2) is 53.6 Å². The summed E-state index contributed by atoms with van der Waals surface area (Å²) in [5, 5.41) is 1.17. The van der Waals surface area contributed by atoms with Gasteiger partial charge in [-0.3, -0.25) is 19.0 Å². The van der Waals surface area contributed by atoms with Crippen LogP contribution in [-0.4, -0.2) is 39.2 Å². The van der Waals surface area contributed by atoms with Crippen molar-refractivity contribution in [1.29, 1.82) is 0 Å². The Bertz CT molecular complexity index is 1180. The molecule has 1 aromatic heterocycles. The van der Waals surface area contributed by atoms with Crippen LogP contribution in [0, 0.1) is 12.8 Å². The van der Waals surface area contributed by atoms with Crippen LogP contribution in [0.2, 0.25) is 5.02 Å². The maximum Gasteiger partial charge on any atom is 0.261 e. The van der Waals surface area contributed by atoms with Gasteiger partial charge in [0.2, 0.25) is 5.91 Å². The van der Waals surface area contributed by atoms with Crippen molar-refractivity contribution in [3.05, 3.63) is 75.3 Å². The van der Waals surface area contributed by atoms with E-state index in [0.717, 1.165) is 5.56 Å². The van der Waals surface area contributed by atoms with Gasteiger partial charge in [-0.25, -0.2) is 4.98 Å². The molecule has 1 fully saturated rings. The predicted molar refractivity (Wildman–Crippen MR) is 120 cm³/mol. The molecule has 2 heterocycles. The summed E-state index contributed by atoms with van der Waals surface area (Å²) in [5.74, 6) is 0.0160. The second-order valence-corrected chi connectivity index (χ2v) is 8.43. The molecule has 0 aliphatic carbocycles. The molecule has 7 heteroatoms. The first-order valence-corrected chi connectivity index (χ1v) is 10.8. The van der Waals surface area contributed by atoms with Crippen molar-refractivity contribution in [3.63, 3.8) is 0 Å². The van der Waals surface area contributed by atoms with Crippen molar-refractivity contribution in [2.75, 3.05) is 13.1 Å². The predicted octanol–water partition coefficient (Wildman–Crippen LogP) is 3.87. The molecule has 1 aliphatic heterocycles. The van der Waals surface area contributed by atoms with E-state index in [1.807, 2.05) is 19.1 Å². The van der Waals surface area contributed by atoms with Gasteiger partial charge in [0.1, 0.15) is 0 Å². The number of hydrogen-bond donors (Lipinski definition) is 0. The number of nitrogens with zero attached hydrogens (tertiary/aromatic N) is 3. The molecule has 31 heavy (non-hydrogen) atoms. The molecule has 1 amide bonds. The number of Topliss-reactive ketones (excluding diaryl/α,β-unsaturated/α-hetero) is 1. The number of benzene rings is 2. The van der Waals surface area contributed by atoms with Gasteiger partial charge in [0.25, 0.3) is 5.56 Å². The van der Waals surface area contributed by atoms with Crippen LogP contribution in [0.3, 0.4) is 0 Å². The summed E-state index contributed by atoms with van der Waals surface area (Å²) in [5.41, 5.74) is 2.18. The fraction of sp³-hybridized carbons (Fsp3) is 0.333. The highest BCUT2D eigenvalue weighted by Crippen LogP contribution is 2.23. The monoisotopic (exact) mass is 437 g/mol. The quantitative estimate of drug-likeness (QED) is 0.568. The number of rotatable bonds is 5. The first kappa shape index (κ1) is 21.2. The van der Waals surface area contributed by atoms with Crippen LogP contribution in [0.25, 0.3) is 10.9 Å². The van der Waals surface area contributed by atoms with E-state index in [-0.39, 0.29) is 36.1 Å². The number of fused-ring (bicyclic) bond motifs is 1. The summed E-state index contributed by atoms with van der Waals surface area (Å²) in [6.07, 6.45) is 3.03. The average Bonchev–Trinajstić information content (AvgIpc) is 2.79. The zero-order valence-electron chi connectivity index (χ0n) is 17.4. The number of likely N-dealkylation sites (tertiary alicyclic amines) is 1. The number of hydrogen-bond acceptors (Lipinski definition) is 4. The Morgan fingerprint density at radius 1 is 1.10 bits per heavy atom. The van der Waals surface area contributed by atoms with Crippen molar-refractivity contribution in [2.24, 2.45) is 5.92 Å². The lowest BCUT2D eigenvalue weighted by Crippen LogP contribution is -2.40. The van der Waals surface area contributed by atoms with Crippen molar-refractivity contribution in [3.8, 4) is 0 Å². The summed E-state index contributed by atoms with van der Waals surface area (Å²) >= 11 is 5.89. The molecule has 0 N–H and O–H groups in total. The summed E-state index contributed by atoms with van der Waals surface area (Å²) in [7, 11) is 0. The Hall–Kier alpha value is -2.99. The summed E-state index contributed by atoms with van der Waals surface area (Å²) < 4.78 is 1.50. The number of carbonyl (C=O) groups is 2. The van der Waals surface area contributed by atoms with Gasteiger partial charge in [-0.15, -0.1) is 0 Å². The molecular formula is C24H24ClN3O3. The van der Waals surface area contributed by atoms with E-state index in [4.69, 9.17) is 11.6 Å². The number of aromatic nitrogens is 2. The fourth-order valence-corrected chi connectivity index (χ4v) is 4.24. The average molecular weight is 438 g/mol. The molecular weight excluding hydrogens is 414 g/mol. The lowest BCUT2D eigenvalue weighted by molar-refractivity contribution is -0.132. The molecule has 2 aromatic carbocycles. The van der Waals surface area contributed by atoms with Gasteiger partial charge in [-0.05, 0) is 55.7 Å². The number of ketones is 1. The molecule has 0 bridgehead atoms. The number of para-hydroxylation sites is 1. The highest BCUT2D eigenvalue weighted by atomic mass is 35.5. The van der Waals surface area contributed by atoms with Crippen LogP contribution in [0.5, 0.6) is 0 Å². The molecule has 0 unspecified atom stereocenters. The molecule has 0 saturated carbocycles. The van der Waals surface area contributed by atoms with Crippen molar-refractivity contribution < 1.29 is 9.59 Å². The molecule has 0 radical (unpaired) electrons. The standard InChI is InChI=1S/C24H24ClN3O3/c1-16-3-2-4-20-22(16)26-15-28(24(20)31)14-11-21(29)27-12-9-18(10-13-27)23(30)17-5-7-19(25)8-6-17/h2-8,15,18H,9-14H2,1H3. The largest absolute Gasteiger partial charge is 0.343 e. The zero-order valence-corrected chi connectivity index (χ0v) is 18.1. The van der Waals surface area contributed by atoms with E-state index < -0.39 is 0 Å². The highest BCUT2D eigenvalue weighted by molar-refractivity contribution is 6.30. The fourth-order valence-electron chi connectivity index (χ4n) is 4.11. The smallest absolute Gasteiger partial charge is 0.261 e. The Labute approximate surface area is 185 Å². The minimum atomic E-state index is -0.131. The number of carbonyl (C=O) groups excluding carboxylic acids is 2. The van der Waals surface area contributed by atoms with Gasteiger partial charge < -0.3 is 4.90 Å². The molecule has 3 aromatic rings. The van der Waals surface area contributed by atoms with Gasteiger partial charge in [0, 0.05) is 42.6 Å². The molecule has 1 saturated heterocycles. The van der Waals surface area contributed by atoms with Gasteiger partial charge >= 0.3 is 0 Å². The summed E-state index contributed by atoms with van der Waals surface area (Å²) in [6.45, 7) is 3.31. The topological polar surface area (TPSA) is 72.3 Å². The van der Waals surface area contributed by atoms with Crippen LogP contribution in [0.1, 0.15) is 35.2 Å². The van der Waals surface area contributed by atoms with Gasteiger partial charge in [0.05, 0.1) is 17.2 Å². The Balaban J connectivity index is 1.34. The number of piperidine rings is 1. The third-order valence-corrected chi connectivity index (χ3v) is 6.22. The molecule has 6 nitrogen and oxygen atoms in total. The van der Waals surface area contributed by atoms with Crippen molar-refractivity contribution >= 4 is 34.2 Å². The molecule has 1 aliphatic rings. The number of amides is 1. The SMILES string of the molecule is Cc1cccc2c(=O)n(CCC(=O)N3CCC(C(=O)c4ccc(Cl)cc4)CC3)cnc12. The minimum absolute atomic E-state index is 0.00590. The zero-order chi connectivity index (χ0) is 22.0. The van der Waals surface area contributed by atoms with E-state index in [1.54, 1.807) is 35.2 Å². The third-order valence-electron chi connectivity index (χ3n) is 5.97. The van der Waals surface area contributed by atoms with E-state index in [0.29, 0.717) is 47.4 Å². The van der Waals surface area contributed by atoms with Gasteiger partial charge in [-0.1, -0.05) is 23.7 Å². The lowest BCUT2D eigenvalue weighted by Gasteiger charge is -2.31. The third kappa shape index (κ3) is 4.54. The van der Waals surface area contributed by atoms with Crippen LogP contribution >= 0.6 is 11.6 Å². The van der Waals surface area contributed by atoms with E-state index >= 15 is 0 Å². The summed E-state index contributed by atoms with van der Waals surface area (Å²) in [6, 6.07) is 12.5. The molecule has 0 atom stereocenters. The second kappa shape index (κ2) is 9.02. The van der Waals surface area contributed by atoms with Gasteiger partial charge in [-0.2, -0.15) is 0 Å². The Morgan fingerprint density at radius 2 is 1.81 bits per heavy atom. The first-order chi connectivity index (χ1) is 14.9. The van der Waals surface area contributed by atoms with Crippen molar-refractivity contribution in [1.82, 2.24) is 14.5 Å². The van der Waals surface area contributed by atoms with E-state index in [9.17, 15) is 14.4 Å². The number of halogens is 1. The first-order valence-electron chi connectivity index (χ1n) is 10.5. The van der Waals surface area contributed by atoms with Crippen LogP contribution in [0.4, 0.5) is 0 Å². The molecule has 0 spiro atoms. The maximum absolute atomic E-state index is 12.7. The van der Waals surface area contributed by atoms with Crippen LogP contribution in [-0.2, 0) is 11.3 Å². The van der Waals surface area contributed by atoms with E-state index in [2.05, 4.69) is 4.98 Å². The second-order valence-electron chi connectivity index (χ2n) is 7.99. The highest BCUT2D eigenvalue weighted by Gasteiger charge is 2.27. The Kier molecular flexibility index (Phi) is 6.18. The van der Waals surface area contributed by atoms with E-state index in [1.165, 1.54) is 10.9 Å². The maximum atomic E-state index is 12.7. The molecule has 4 rings (SSSR count).